The third-order valence-electron chi connectivity index (χ3n) is 9.06. The zero-order chi connectivity index (χ0) is 43.4. The molecule has 1 fully saturated rings. The second kappa shape index (κ2) is 19.8. The predicted octanol–water partition coefficient (Wildman–Crippen LogP) is 5.74. The van der Waals surface area contributed by atoms with Crippen LogP contribution in [0.2, 0.25) is 5.02 Å². The lowest BCUT2D eigenvalue weighted by Gasteiger charge is -2.19. The molecule has 16 nitrogen and oxygen atoms in total. The number of aromatic nitrogens is 4. The molecule has 2 heterocycles. The van der Waals surface area contributed by atoms with Crippen molar-refractivity contribution in [3.63, 3.8) is 0 Å². The highest BCUT2D eigenvalue weighted by Crippen LogP contribution is 2.48. The zero-order valence-electron chi connectivity index (χ0n) is 32.4. The summed E-state index contributed by atoms with van der Waals surface area (Å²) >= 11 is 6.04. The van der Waals surface area contributed by atoms with Crippen LogP contribution in [0.3, 0.4) is 0 Å². The Kier molecular flexibility index (Phi) is 14.2. The normalized spacial score (nSPS) is 13.2. The Bertz CT molecular complexity index is 2300. The molecular formula is C41H39ClF3N9O7. The van der Waals surface area contributed by atoms with Gasteiger partial charge in [0.25, 0.3) is 5.91 Å². The van der Waals surface area contributed by atoms with Crippen LogP contribution in [0.4, 0.5) is 36.4 Å². The van der Waals surface area contributed by atoms with Gasteiger partial charge >= 0.3 is 30.0 Å². The van der Waals surface area contributed by atoms with Crippen LogP contribution in [0.1, 0.15) is 40.9 Å². The van der Waals surface area contributed by atoms with E-state index in [0.29, 0.717) is 48.0 Å². The lowest BCUT2D eigenvalue weighted by Crippen LogP contribution is -2.44. The summed E-state index contributed by atoms with van der Waals surface area (Å²) in [6.45, 7) is -1.40. The minimum atomic E-state index is -4.64. The highest BCUT2D eigenvalue weighted by Gasteiger charge is 2.45. The van der Waals surface area contributed by atoms with Gasteiger partial charge in [-0.05, 0) is 97.6 Å². The second-order valence-electron chi connectivity index (χ2n) is 13.6. The number of pyridine rings is 1. The van der Waals surface area contributed by atoms with Gasteiger partial charge in [0.05, 0.1) is 19.3 Å². The largest absolute Gasteiger partial charge is 0.493 e. The van der Waals surface area contributed by atoms with E-state index in [9.17, 15) is 32.3 Å². The van der Waals surface area contributed by atoms with Crippen molar-refractivity contribution in [2.45, 2.75) is 43.4 Å². The van der Waals surface area contributed by atoms with Crippen molar-refractivity contribution in [2.75, 3.05) is 42.8 Å². The molecule has 0 unspecified atom stereocenters. The van der Waals surface area contributed by atoms with Gasteiger partial charge in [-0.2, -0.15) is 28.1 Å². The van der Waals surface area contributed by atoms with Gasteiger partial charge < -0.3 is 40.8 Å². The van der Waals surface area contributed by atoms with Crippen molar-refractivity contribution < 1.29 is 46.6 Å². The number of methoxy groups -OCH3 is 1. The maximum Gasteiger partial charge on any atom is 0.422 e. The van der Waals surface area contributed by atoms with Gasteiger partial charge in [-0.15, -0.1) is 0 Å². The Labute approximate surface area is 352 Å². The molecule has 5 N–H and O–H groups in total. The molecule has 61 heavy (non-hydrogen) atoms. The van der Waals surface area contributed by atoms with Crippen molar-refractivity contribution in [3.8, 4) is 11.8 Å². The molecular weight excluding hydrogens is 823 g/mol. The monoisotopic (exact) mass is 861 g/mol. The number of ether oxygens (including phenoxy) is 3. The first-order valence-electron chi connectivity index (χ1n) is 18.7. The molecule has 0 saturated heterocycles. The van der Waals surface area contributed by atoms with Crippen molar-refractivity contribution >= 4 is 58.6 Å². The predicted molar refractivity (Wildman–Crippen MR) is 216 cm³/mol. The van der Waals surface area contributed by atoms with Gasteiger partial charge in [-0.1, -0.05) is 29.8 Å². The van der Waals surface area contributed by atoms with E-state index >= 15 is 0 Å². The fourth-order valence-corrected chi connectivity index (χ4v) is 5.92. The van der Waals surface area contributed by atoms with E-state index in [0.717, 1.165) is 18.4 Å². The smallest absolute Gasteiger partial charge is 0.422 e. The van der Waals surface area contributed by atoms with E-state index in [1.807, 2.05) is 30.3 Å². The number of esters is 1. The summed E-state index contributed by atoms with van der Waals surface area (Å²) in [6, 6.07) is 23.2. The SMILES string of the molecule is COC(=O)[C@H](CCNC(=O)C(=O)Nc1ccc(OCCc2ccccn2)cc1)NC(=O)c1ccc(Nc2nc(NC3(c4ccc(Cl)cc4)CC3)nc(OCC(F)(F)F)n2)cc1. The zero-order valence-corrected chi connectivity index (χ0v) is 33.2. The number of nitrogens with zero attached hydrogens (tertiary/aromatic N) is 4. The van der Waals surface area contributed by atoms with E-state index in [4.69, 9.17) is 25.8 Å². The molecule has 1 aliphatic carbocycles. The Morgan fingerprint density at radius 3 is 2.20 bits per heavy atom. The Morgan fingerprint density at radius 2 is 1.54 bits per heavy atom. The molecule has 1 aliphatic rings. The molecule has 0 radical (unpaired) electrons. The highest BCUT2D eigenvalue weighted by molar-refractivity contribution is 6.39. The molecule has 0 spiro atoms. The summed E-state index contributed by atoms with van der Waals surface area (Å²) in [5.41, 5.74) is 2.04. The van der Waals surface area contributed by atoms with Gasteiger partial charge in [-0.3, -0.25) is 19.4 Å². The van der Waals surface area contributed by atoms with Crippen molar-refractivity contribution in [2.24, 2.45) is 0 Å². The fourth-order valence-electron chi connectivity index (χ4n) is 5.79. The number of amides is 3. The second-order valence-corrected chi connectivity index (χ2v) is 14.0. The maximum atomic E-state index is 13.2. The number of nitrogens with one attached hydrogen (secondary N) is 5. The van der Waals surface area contributed by atoms with E-state index in [1.54, 1.807) is 42.6 Å². The molecule has 1 atom stereocenters. The van der Waals surface area contributed by atoms with Crippen molar-refractivity contribution in [3.05, 3.63) is 119 Å². The van der Waals surface area contributed by atoms with Crippen LogP contribution in [0.15, 0.2) is 97.2 Å². The summed E-state index contributed by atoms with van der Waals surface area (Å²) in [7, 11) is 1.13. The number of alkyl halides is 3. The number of carbonyl (C=O) groups is 4. The molecule has 5 aromatic rings. The number of halogens is 4. The third-order valence-corrected chi connectivity index (χ3v) is 9.31. The summed E-state index contributed by atoms with van der Waals surface area (Å²) in [6.07, 6.45) is -1.03. The first-order chi connectivity index (χ1) is 29.3. The van der Waals surface area contributed by atoms with Crippen LogP contribution >= 0.6 is 11.6 Å². The van der Waals surface area contributed by atoms with Crippen molar-refractivity contribution in [1.29, 1.82) is 0 Å². The summed E-state index contributed by atoms with van der Waals surface area (Å²) in [4.78, 5) is 67.4. The van der Waals surface area contributed by atoms with Crippen LogP contribution in [0, 0.1) is 0 Å². The van der Waals surface area contributed by atoms with Gasteiger partial charge in [0, 0.05) is 46.8 Å². The molecule has 6 rings (SSSR count). The molecule has 0 bridgehead atoms. The Balaban J connectivity index is 1.00. The van der Waals surface area contributed by atoms with Crippen LogP contribution in [0.5, 0.6) is 11.8 Å². The summed E-state index contributed by atoms with van der Waals surface area (Å²) in [5, 5.41) is 14.1. The Hall–Kier alpha value is -7.02. The number of anilines is 4. The highest BCUT2D eigenvalue weighted by atomic mass is 35.5. The molecule has 3 amide bonds. The molecule has 1 saturated carbocycles. The number of benzene rings is 3. The first kappa shape index (κ1) is 43.6. The maximum absolute atomic E-state index is 13.2. The molecule has 318 valence electrons. The molecule has 2 aromatic heterocycles. The van der Waals surface area contributed by atoms with E-state index in [2.05, 4.69) is 46.5 Å². The lowest BCUT2D eigenvalue weighted by atomic mass is 10.1. The van der Waals surface area contributed by atoms with Gasteiger partial charge in [0.2, 0.25) is 11.9 Å². The van der Waals surface area contributed by atoms with Gasteiger partial charge in [0.15, 0.2) is 6.61 Å². The minimum Gasteiger partial charge on any atom is -0.493 e. The number of hydrogen-bond donors (Lipinski definition) is 5. The third kappa shape index (κ3) is 13.0. The average molecular weight is 862 g/mol. The van der Waals surface area contributed by atoms with E-state index in [-0.39, 0.29) is 30.4 Å². The average Bonchev–Trinajstić information content (AvgIpc) is 4.03. The first-order valence-corrected chi connectivity index (χ1v) is 19.1. The van der Waals surface area contributed by atoms with E-state index in [1.165, 1.54) is 24.3 Å². The minimum absolute atomic E-state index is 0.0340. The summed E-state index contributed by atoms with van der Waals surface area (Å²) in [5.74, 6) is -2.99. The molecule has 3 aromatic carbocycles. The lowest BCUT2D eigenvalue weighted by molar-refractivity contribution is -0.154. The van der Waals surface area contributed by atoms with Gasteiger partial charge in [0.1, 0.15) is 11.8 Å². The number of carbonyl (C=O) groups excluding carboxylic acids is 4. The van der Waals surface area contributed by atoms with Crippen LogP contribution in [-0.4, -0.2) is 82.7 Å². The molecule has 0 aliphatic heterocycles. The standard InChI is InChI=1S/C41H39ClF3N9O7/c1-59-36(58)32(17-22-47-34(56)35(57)48-29-13-15-31(16-14-29)60-23-18-28-4-2-3-21-46-28)50-33(55)25-5-11-30(12-6-25)49-37-51-38(53-39(52-37)61-24-41(43,44)45)54-40(19-20-40)26-7-9-27(42)10-8-26/h2-16,21,32H,17-20,22-24H2,1H3,(H,47,56)(H,48,57)(H,50,55)(H2,49,51,52,53,54)/t32-/m0/s1. The fraction of sp³-hybridized carbons (Fsp3) is 0.268. The van der Waals surface area contributed by atoms with Crippen LogP contribution in [0.25, 0.3) is 0 Å². The Morgan fingerprint density at radius 1 is 0.836 bits per heavy atom. The molecule has 20 heteroatoms. The summed E-state index contributed by atoms with van der Waals surface area (Å²) < 4.78 is 54.4. The van der Waals surface area contributed by atoms with Crippen LogP contribution < -0.4 is 36.1 Å². The topological polar surface area (TPSA) is 208 Å². The van der Waals surface area contributed by atoms with Crippen molar-refractivity contribution in [1.82, 2.24) is 30.6 Å². The number of hydrogen-bond acceptors (Lipinski definition) is 13. The number of rotatable bonds is 18. The van der Waals surface area contributed by atoms with E-state index < -0.39 is 54.1 Å². The van der Waals surface area contributed by atoms with Crippen LogP contribution in [-0.2, 0) is 31.1 Å². The quantitative estimate of drug-likeness (QED) is 0.0527. The van der Waals surface area contributed by atoms with Gasteiger partial charge in [-0.25, -0.2) is 4.79 Å².